The molecule has 0 heterocycles. The van der Waals surface area contributed by atoms with E-state index in [0.717, 1.165) is 11.1 Å². The fraction of sp³-hybridized carbons (Fsp3) is 0.371. The molecule has 3 aromatic rings. The van der Waals surface area contributed by atoms with E-state index in [1.807, 2.05) is 26.0 Å². The fourth-order valence-corrected chi connectivity index (χ4v) is 5.79. The third-order valence-electron chi connectivity index (χ3n) is 8.17. The zero-order valence-corrected chi connectivity index (χ0v) is 27.3. The molecule has 0 aromatic heterocycles. The molecule has 0 aliphatic heterocycles. The third-order valence-corrected chi connectivity index (χ3v) is 8.17. The lowest BCUT2D eigenvalue weighted by molar-refractivity contribution is -0.120. The van der Waals surface area contributed by atoms with Crippen LogP contribution in [0.5, 0.6) is 17.2 Å². The van der Waals surface area contributed by atoms with Gasteiger partial charge in [0.15, 0.2) is 11.5 Å². The van der Waals surface area contributed by atoms with Crippen LogP contribution in [0.15, 0.2) is 53.3 Å². The largest absolute Gasteiger partial charge is 0.493 e. The Hall–Kier alpha value is -5.06. The first-order chi connectivity index (χ1) is 22.0. The molecule has 0 unspecified atom stereocenters. The lowest BCUT2D eigenvalue weighted by Crippen LogP contribution is -2.40. The Morgan fingerprint density at radius 1 is 0.891 bits per heavy atom. The highest BCUT2D eigenvalue weighted by atomic mass is 16.5. The summed E-state index contributed by atoms with van der Waals surface area (Å²) in [7, 11) is 4.63. The number of rotatable bonds is 11. The maximum absolute atomic E-state index is 13.9. The summed E-state index contributed by atoms with van der Waals surface area (Å²) in [5.41, 5.74) is 3.90. The summed E-state index contributed by atoms with van der Waals surface area (Å²) in [6.07, 6.45) is 1.77. The SMILES string of the molecule is CC[C@H](C)[C@@H](Nc1ccc2c(cc1=O)[C@@H](NC(C)=O)CCc1cc(OC)c(OC)c(OC)c1-2)C(=O)Nc1cccc(NC(C)=O)c1. The molecule has 3 atom stereocenters. The van der Waals surface area contributed by atoms with E-state index in [-0.39, 0.29) is 34.8 Å². The van der Waals surface area contributed by atoms with Gasteiger partial charge in [0.25, 0.3) is 0 Å². The van der Waals surface area contributed by atoms with E-state index >= 15 is 0 Å². The number of amides is 3. The molecule has 11 heteroatoms. The van der Waals surface area contributed by atoms with Crippen molar-refractivity contribution in [2.75, 3.05) is 37.3 Å². The van der Waals surface area contributed by atoms with Crippen LogP contribution >= 0.6 is 0 Å². The molecule has 11 nitrogen and oxygen atoms in total. The predicted molar refractivity (Wildman–Crippen MR) is 179 cm³/mol. The van der Waals surface area contributed by atoms with Crippen LogP contribution in [0.25, 0.3) is 11.1 Å². The van der Waals surface area contributed by atoms with Gasteiger partial charge in [-0.25, -0.2) is 0 Å². The Morgan fingerprint density at radius 2 is 1.59 bits per heavy atom. The average Bonchev–Trinajstić information content (AvgIpc) is 3.26. The number of hydrogen-bond acceptors (Lipinski definition) is 8. The number of nitrogens with one attached hydrogen (secondary N) is 4. The Kier molecular flexibility index (Phi) is 10.9. The van der Waals surface area contributed by atoms with Crippen molar-refractivity contribution in [3.05, 3.63) is 69.9 Å². The molecule has 0 saturated carbocycles. The van der Waals surface area contributed by atoms with Gasteiger partial charge in [-0.2, -0.15) is 0 Å². The van der Waals surface area contributed by atoms with E-state index in [0.29, 0.717) is 59.0 Å². The molecule has 1 aliphatic carbocycles. The maximum atomic E-state index is 13.9. The van der Waals surface area contributed by atoms with Crippen molar-refractivity contribution in [1.82, 2.24) is 5.32 Å². The average molecular weight is 631 g/mol. The minimum absolute atomic E-state index is 0.147. The molecule has 0 spiro atoms. The van der Waals surface area contributed by atoms with Crippen molar-refractivity contribution < 1.29 is 28.6 Å². The minimum Gasteiger partial charge on any atom is -0.493 e. The van der Waals surface area contributed by atoms with E-state index in [9.17, 15) is 19.2 Å². The van der Waals surface area contributed by atoms with E-state index in [1.165, 1.54) is 27.0 Å². The summed E-state index contributed by atoms with van der Waals surface area (Å²) in [6.45, 7) is 6.76. The Morgan fingerprint density at radius 3 is 2.20 bits per heavy atom. The normalized spacial score (nSPS) is 14.7. The van der Waals surface area contributed by atoms with Gasteiger partial charge in [-0.1, -0.05) is 32.4 Å². The van der Waals surface area contributed by atoms with Gasteiger partial charge in [0.1, 0.15) is 6.04 Å². The molecule has 4 N–H and O–H groups in total. The molecule has 244 valence electrons. The molecule has 1 aliphatic rings. The van der Waals surface area contributed by atoms with Gasteiger partial charge in [0.05, 0.1) is 33.1 Å². The monoisotopic (exact) mass is 630 g/mol. The van der Waals surface area contributed by atoms with Crippen molar-refractivity contribution in [3.8, 4) is 28.4 Å². The highest BCUT2D eigenvalue weighted by Crippen LogP contribution is 2.50. The number of ether oxygens (including phenoxy) is 3. The smallest absolute Gasteiger partial charge is 0.247 e. The van der Waals surface area contributed by atoms with E-state index in [1.54, 1.807) is 44.6 Å². The second-order valence-electron chi connectivity index (χ2n) is 11.4. The van der Waals surface area contributed by atoms with E-state index in [4.69, 9.17) is 14.2 Å². The highest BCUT2D eigenvalue weighted by molar-refractivity contribution is 5.98. The Balaban J connectivity index is 1.82. The number of aryl methyl sites for hydroxylation is 1. The standard InChI is InChI=1S/C35H42N4O7/c1-8-19(2)32(35(43)38-24-11-9-10-23(17-24)36-20(3)40)39-28-15-13-25-26(18-29(28)42)27(37-21(4)41)14-12-22-16-30(44-5)33(45-6)34(46-7)31(22)25/h9-11,13,15-19,27,32H,8,12,14H2,1-7H3,(H,36,40)(H,37,41)(H,38,43)(H,39,42)/t19-,27-,32+/m0/s1. The first-order valence-corrected chi connectivity index (χ1v) is 15.2. The zero-order chi connectivity index (χ0) is 33.5. The summed E-state index contributed by atoms with van der Waals surface area (Å²) in [5, 5.41) is 11.8. The van der Waals surface area contributed by atoms with Crippen LogP contribution in [0, 0.1) is 5.92 Å². The quantitative estimate of drug-likeness (QED) is 0.224. The molecular weight excluding hydrogens is 588 g/mol. The zero-order valence-electron chi connectivity index (χ0n) is 27.3. The number of methoxy groups -OCH3 is 3. The number of benzene rings is 2. The fourth-order valence-electron chi connectivity index (χ4n) is 5.79. The van der Waals surface area contributed by atoms with Crippen molar-refractivity contribution >= 4 is 34.8 Å². The summed E-state index contributed by atoms with van der Waals surface area (Å²) < 4.78 is 17.1. The molecule has 3 aromatic carbocycles. The first-order valence-electron chi connectivity index (χ1n) is 15.2. The third kappa shape index (κ3) is 7.42. The van der Waals surface area contributed by atoms with Crippen LogP contribution in [0.2, 0.25) is 0 Å². The summed E-state index contributed by atoms with van der Waals surface area (Å²) in [4.78, 5) is 51.3. The second-order valence-corrected chi connectivity index (χ2v) is 11.4. The molecule has 0 bridgehead atoms. The molecule has 0 radical (unpaired) electrons. The van der Waals surface area contributed by atoms with Crippen LogP contribution in [0.1, 0.15) is 57.7 Å². The molecule has 0 saturated heterocycles. The van der Waals surface area contributed by atoms with E-state index < -0.39 is 12.1 Å². The van der Waals surface area contributed by atoms with Crippen molar-refractivity contribution in [1.29, 1.82) is 0 Å². The van der Waals surface area contributed by atoms with Crippen LogP contribution in [-0.4, -0.2) is 45.1 Å². The second kappa shape index (κ2) is 14.8. The van der Waals surface area contributed by atoms with Gasteiger partial charge < -0.3 is 35.5 Å². The van der Waals surface area contributed by atoms with Crippen molar-refractivity contribution in [3.63, 3.8) is 0 Å². The lowest BCUT2D eigenvalue weighted by Gasteiger charge is -2.24. The van der Waals surface area contributed by atoms with Crippen LogP contribution in [0.3, 0.4) is 0 Å². The Bertz CT molecular complexity index is 1690. The summed E-state index contributed by atoms with van der Waals surface area (Å²) in [5.74, 6) is 0.448. The minimum atomic E-state index is -0.762. The molecular formula is C35H42N4O7. The summed E-state index contributed by atoms with van der Waals surface area (Å²) >= 11 is 0. The molecule has 4 rings (SSSR count). The van der Waals surface area contributed by atoms with Gasteiger partial charge in [-0.15, -0.1) is 0 Å². The van der Waals surface area contributed by atoms with Crippen LogP contribution in [0.4, 0.5) is 17.1 Å². The Labute approximate surface area is 269 Å². The van der Waals surface area contributed by atoms with Crippen LogP contribution < -0.4 is 40.9 Å². The van der Waals surface area contributed by atoms with Gasteiger partial charge in [0.2, 0.25) is 28.9 Å². The summed E-state index contributed by atoms with van der Waals surface area (Å²) in [6, 6.07) is 12.5. The number of anilines is 3. The first kappa shape index (κ1) is 33.8. The van der Waals surface area contributed by atoms with Gasteiger partial charge in [-0.3, -0.25) is 19.2 Å². The van der Waals surface area contributed by atoms with Crippen LogP contribution in [-0.2, 0) is 20.8 Å². The van der Waals surface area contributed by atoms with Gasteiger partial charge in [-0.05, 0) is 71.8 Å². The van der Waals surface area contributed by atoms with Crippen molar-refractivity contribution in [2.24, 2.45) is 5.92 Å². The van der Waals surface area contributed by atoms with Gasteiger partial charge >= 0.3 is 0 Å². The molecule has 3 amide bonds. The number of carbonyl (C=O) groups is 3. The molecule has 46 heavy (non-hydrogen) atoms. The maximum Gasteiger partial charge on any atom is 0.247 e. The molecule has 0 fully saturated rings. The number of carbonyl (C=O) groups excluding carboxylic acids is 3. The van der Waals surface area contributed by atoms with Gasteiger partial charge in [0, 0.05) is 30.8 Å². The number of fused-ring (bicyclic) bond motifs is 3. The van der Waals surface area contributed by atoms with Crippen molar-refractivity contribution in [2.45, 2.75) is 59.0 Å². The number of hydrogen-bond donors (Lipinski definition) is 4. The highest BCUT2D eigenvalue weighted by Gasteiger charge is 2.30. The lowest BCUT2D eigenvalue weighted by atomic mass is 9.95. The topological polar surface area (TPSA) is 144 Å². The van der Waals surface area contributed by atoms with E-state index in [2.05, 4.69) is 21.3 Å². The predicted octanol–water partition coefficient (Wildman–Crippen LogP) is 5.29.